The van der Waals surface area contributed by atoms with Crippen molar-refractivity contribution in [3.63, 3.8) is 0 Å². The van der Waals surface area contributed by atoms with Gasteiger partial charge in [0.2, 0.25) is 0 Å². The van der Waals surface area contributed by atoms with Crippen LogP contribution < -0.4 is 5.32 Å². The van der Waals surface area contributed by atoms with Crippen LogP contribution in [0.25, 0.3) is 10.9 Å². The number of nitrogens with one attached hydrogen (secondary N) is 1. The van der Waals surface area contributed by atoms with Gasteiger partial charge in [0.25, 0.3) is 5.91 Å². The van der Waals surface area contributed by atoms with Crippen molar-refractivity contribution in [1.29, 1.82) is 0 Å². The Morgan fingerprint density at radius 2 is 2.00 bits per heavy atom. The Morgan fingerprint density at radius 1 is 1.20 bits per heavy atom. The van der Waals surface area contributed by atoms with E-state index in [2.05, 4.69) is 17.2 Å². The lowest BCUT2D eigenvalue weighted by Gasteiger charge is -2.14. The fourth-order valence-electron chi connectivity index (χ4n) is 2.45. The minimum absolute atomic E-state index is 0.0686. The summed E-state index contributed by atoms with van der Waals surface area (Å²) in [5.74, 6) is -0.0686. The van der Waals surface area contributed by atoms with Gasteiger partial charge in [-0.05, 0) is 43.7 Å². The predicted octanol–water partition coefficient (Wildman–Crippen LogP) is 5.57. The molecule has 0 aliphatic heterocycles. The van der Waals surface area contributed by atoms with Crippen LogP contribution in [0.3, 0.4) is 0 Å². The van der Waals surface area contributed by atoms with Gasteiger partial charge in [-0.2, -0.15) is 0 Å². The van der Waals surface area contributed by atoms with E-state index in [1.54, 1.807) is 0 Å². The van der Waals surface area contributed by atoms with Gasteiger partial charge >= 0.3 is 0 Å². The monoisotopic (exact) mass is 370 g/mol. The third-order valence-corrected chi connectivity index (χ3v) is 5.09. The third kappa shape index (κ3) is 4.33. The molecular weight excluding hydrogens is 352 g/mol. The number of aromatic nitrogens is 1. The van der Waals surface area contributed by atoms with E-state index in [0.717, 1.165) is 27.2 Å². The zero-order valence-electron chi connectivity index (χ0n) is 14.1. The van der Waals surface area contributed by atoms with Gasteiger partial charge in [0.1, 0.15) is 5.03 Å². The van der Waals surface area contributed by atoms with E-state index >= 15 is 0 Å². The molecule has 128 valence electrons. The first-order chi connectivity index (χ1) is 12.1. The number of hydrogen-bond acceptors (Lipinski definition) is 3. The zero-order chi connectivity index (χ0) is 17.8. The van der Waals surface area contributed by atoms with Crippen molar-refractivity contribution < 1.29 is 4.79 Å². The molecule has 25 heavy (non-hydrogen) atoms. The summed E-state index contributed by atoms with van der Waals surface area (Å²) in [4.78, 5) is 18.4. The average Bonchev–Trinajstić information content (AvgIpc) is 2.61. The van der Waals surface area contributed by atoms with Gasteiger partial charge in [0.15, 0.2) is 0 Å². The van der Waals surface area contributed by atoms with Crippen LogP contribution in [-0.2, 0) is 0 Å². The molecule has 0 unspecified atom stereocenters. The molecule has 0 saturated carbocycles. The molecule has 1 aromatic heterocycles. The fraction of sp³-hybridized carbons (Fsp3) is 0.200. The van der Waals surface area contributed by atoms with E-state index in [0.29, 0.717) is 10.6 Å². The standard InChI is InChI=1S/C20H19ClN2OS/c1-3-13(2)22-20(24)17-12-19(23-18-10-5-4-9-16(17)18)25-15-8-6-7-14(21)11-15/h4-13H,3H2,1-2H3,(H,22,24)/t13-/m0/s1. The lowest BCUT2D eigenvalue weighted by molar-refractivity contribution is 0.0940. The summed E-state index contributed by atoms with van der Waals surface area (Å²) < 4.78 is 0. The van der Waals surface area contributed by atoms with Crippen molar-refractivity contribution in [2.75, 3.05) is 0 Å². The Bertz CT molecular complexity index is 913. The fourth-order valence-corrected chi connectivity index (χ4v) is 3.60. The molecule has 3 nitrogen and oxygen atoms in total. The molecule has 2 aromatic carbocycles. The maximum Gasteiger partial charge on any atom is 0.252 e. The molecule has 1 N–H and O–H groups in total. The second-order valence-electron chi connectivity index (χ2n) is 5.87. The first-order valence-electron chi connectivity index (χ1n) is 8.21. The number of pyridine rings is 1. The Hall–Kier alpha value is -2.04. The maximum absolute atomic E-state index is 12.7. The summed E-state index contributed by atoms with van der Waals surface area (Å²) in [5, 5.41) is 5.36. The molecule has 0 fully saturated rings. The Morgan fingerprint density at radius 3 is 2.76 bits per heavy atom. The van der Waals surface area contributed by atoms with E-state index in [9.17, 15) is 4.79 Å². The molecule has 3 rings (SSSR count). The first kappa shape index (κ1) is 17.8. The molecule has 0 aliphatic rings. The van der Waals surface area contributed by atoms with Crippen LogP contribution in [0.2, 0.25) is 5.02 Å². The number of fused-ring (bicyclic) bond motifs is 1. The maximum atomic E-state index is 12.7. The predicted molar refractivity (Wildman–Crippen MR) is 105 cm³/mol. The average molecular weight is 371 g/mol. The lowest BCUT2D eigenvalue weighted by atomic mass is 10.1. The minimum Gasteiger partial charge on any atom is -0.350 e. The van der Waals surface area contributed by atoms with Gasteiger partial charge in [-0.25, -0.2) is 4.98 Å². The highest BCUT2D eigenvalue weighted by Crippen LogP contribution is 2.31. The van der Waals surface area contributed by atoms with Gasteiger partial charge < -0.3 is 5.32 Å². The smallest absolute Gasteiger partial charge is 0.252 e. The van der Waals surface area contributed by atoms with Crippen molar-refractivity contribution in [3.05, 3.63) is 65.2 Å². The molecule has 1 amide bonds. The molecule has 5 heteroatoms. The molecule has 3 aromatic rings. The van der Waals surface area contributed by atoms with Gasteiger partial charge in [0, 0.05) is 21.3 Å². The summed E-state index contributed by atoms with van der Waals surface area (Å²) in [6, 6.07) is 17.3. The summed E-state index contributed by atoms with van der Waals surface area (Å²) in [5.41, 5.74) is 1.46. The van der Waals surface area contributed by atoms with E-state index in [1.165, 1.54) is 11.8 Å². The second kappa shape index (κ2) is 7.89. The minimum atomic E-state index is -0.0686. The summed E-state index contributed by atoms with van der Waals surface area (Å²) >= 11 is 7.56. The highest BCUT2D eigenvalue weighted by molar-refractivity contribution is 7.99. The van der Waals surface area contributed by atoms with Crippen LogP contribution in [0.1, 0.15) is 30.6 Å². The Kier molecular flexibility index (Phi) is 5.61. The summed E-state index contributed by atoms with van der Waals surface area (Å²) in [6.45, 7) is 4.05. The third-order valence-electron chi connectivity index (χ3n) is 3.95. The Balaban J connectivity index is 2.01. The number of rotatable bonds is 5. The number of para-hydroxylation sites is 1. The number of carbonyl (C=O) groups is 1. The molecule has 0 spiro atoms. The van der Waals surface area contributed by atoms with Crippen LogP contribution in [0.4, 0.5) is 0 Å². The quantitative estimate of drug-likeness (QED) is 0.638. The van der Waals surface area contributed by atoms with Crippen molar-refractivity contribution >= 4 is 40.2 Å². The van der Waals surface area contributed by atoms with Crippen LogP contribution in [0.15, 0.2) is 64.5 Å². The van der Waals surface area contributed by atoms with Crippen LogP contribution in [0.5, 0.6) is 0 Å². The van der Waals surface area contributed by atoms with Crippen molar-refractivity contribution in [2.24, 2.45) is 0 Å². The number of nitrogens with zero attached hydrogens (tertiary/aromatic N) is 1. The van der Waals surface area contributed by atoms with Crippen LogP contribution in [0, 0.1) is 0 Å². The molecule has 1 heterocycles. The molecule has 1 atom stereocenters. The normalized spacial score (nSPS) is 12.1. The number of hydrogen-bond donors (Lipinski definition) is 1. The van der Waals surface area contributed by atoms with Gasteiger partial charge in [-0.15, -0.1) is 0 Å². The highest BCUT2D eigenvalue weighted by Gasteiger charge is 2.15. The van der Waals surface area contributed by atoms with E-state index < -0.39 is 0 Å². The van der Waals surface area contributed by atoms with Gasteiger partial charge in [0.05, 0.1) is 11.1 Å². The van der Waals surface area contributed by atoms with Crippen LogP contribution in [-0.4, -0.2) is 16.9 Å². The summed E-state index contributed by atoms with van der Waals surface area (Å²) in [7, 11) is 0. The second-order valence-corrected chi connectivity index (χ2v) is 7.40. The number of benzene rings is 2. The highest BCUT2D eigenvalue weighted by atomic mass is 35.5. The first-order valence-corrected chi connectivity index (χ1v) is 9.40. The van der Waals surface area contributed by atoms with Crippen molar-refractivity contribution in [3.8, 4) is 0 Å². The Labute approximate surface area is 156 Å². The van der Waals surface area contributed by atoms with Crippen LogP contribution >= 0.6 is 23.4 Å². The number of carbonyl (C=O) groups excluding carboxylic acids is 1. The van der Waals surface area contributed by atoms with E-state index in [4.69, 9.17) is 11.6 Å². The molecule has 0 bridgehead atoms. The summed E-state index contributed by atoms with van der Waals surface area (Å²) in [6.07, 6.45) is 0.888. The largest absolute Gasteiger partial charge is 0.350 e. The van der Waals surface area contributed by atoms with Gasteiger partial charge in [-0.3, -0.25) is 4.79 Å². The molecule has 0 radical (unpaired) electrons. The molecular formula is C20H19ClN2OS. The van der Waals surface area contributed by atoms with E-state index in [1.807, 2.05) is 61.5 Å². The number of amides is 1. The lowest BCUT2D eigenvalue weighted by Crippen LogP contribution is -2.32. The SMILES string of the molecule is CC[C@H](C)NC(=O)c1cc(Sc2cccc(Cl)c2)nc2ccccc12. The zero-order valence-corrected chi connectivity index (χ0v) is 15.7. The van der Waals surface area contributed by atoms with Crippen molar-refractivity contribution in [1.82, 2.24) is 10.3 Å². The van der Waals surface area contributed by atoms with E-state index in [-0.39, 0.29) is 11.9 Å². The topological polar surface area (TPSA) is 42.0 Å². The molecule has 0 saturated heterocycles. The molecule has 0 aliphatic carbocycles. The number of halogens is 1. The van der Waals surface area contributed by atoms with Crippen molar-refractivity contribution in [2.45, 2.75) is 36.2 Å². The van der Waals surface area contributed by atoms with Gasteiger partial charge in [-0.1, -0.05) is 54.6 Å².